The molecule has 0 aromatic heterocycles. The molecular formula is C19H19F3N2O4S. The number of hydrogen-bond acceptors (Lipinski definition) is 5. The molecule has 6 nitrogen and oxygen atoms in total. The zero-order chi connectivity index (χ0) is 21.0. The van der Waals surface area contributed by atoms with Gasteiger partial charge in [-0.25, -0.2) is 4.79 Å². The molecule has 3 rings (SSSR count). The number of rotatable bonds is 5. The fourth-order valence-corrected chi connectivity index (χ4v) is 4.22. The van der Waals surface area contributed by atoms with Gasteiger partial charge in [-0.15, -0.1) is 24.9 Å². The molecule has 0 spiro atoms. The molecule has 0 saturated carbocycles. The van der Waals surface area contributed by atoms with Crippen LogP contribution in [0.2, 0.25) is 0 Å². The van der Waals surface area contributed by atoms with Gasteiger partial charge in [-0.1, -0.05) is 18.2 Å². The number of ether oxygens (including phenoxy) is 3. The number of nitrogens with one attached hydrogen (secondary N) is 1. The molecule has 29 heavy (non-hydrogen) atoms. The minimum atomic E-state index is -4.74. The highest BCUT2D eigenvalue weighted by Crippen LogP contribution is 2.40. The molecule has 1 fully saturated rings. The number of anilines is 1. The zero-order valence-corrected chi connectivity index (χ0v) is 16.5. The van der Waals surface area contributed by atoms with E-state index in [1.807, 2.05) is 0 Å². The number of para-hydroxylation sites is 1. The molecule has 1 atom stereocenters. The van der Waals surface area contributed by atoms with Gasteiger partial charge >= 0.3 is 12.4 Å². The summed E-state index contributed by atoms with van der Waals surface area (Å²) in [6.45, 7) is 0.494. The highest BCUT2D eigenvalue weighted by molar-refractivity contribution is 7.99. The minimum Gasteiger partial charge on any atom is -0.493 e. The Kier molecular flexibility index (Phi) is 6.31. The van der Waals surface area contributed by atoms with Crippen LogP contribution in [0.5, 0.6) is 17.2 Å². The first-order valence-corrected chi connectivity index (χ1v) is 9.63. The predicted molar refractivity (Wildman–Crippen MR) is 104 cm³/mol. The third-order valence-electron chi connectivity index (χ3n) is 4.20. The lowest BCUT2D eigenvalue weighted by Crippen LogP contribution is -2.34. The molecule has 0 aliphatic carbocycles. The Morgan fingerprint density at radius 1 is 1.14 bits per heavy atom. The van der Waals surface area contributed by atoms with Gasteiger partial charge in [0.15, 0.2) is 11.5 Å². The SMILES string of the molecule is COc1cccc(NC(=O)N2CCS[C@@H]2c2ccc(OC(F)(F)F)cc2)c1OC. The zero-order valence-electron chi connectivity index (χ0n) is 15.7. The van der Waals surface area contributed by atoms with Crippen molar-refractivity contribution < 1.29 is 32.2 Å². The number of thioether (sulfide) groups is 1. The Hall–Kier alpha value is -2.75. The molecule has 0 bridgehead atoms. The number of alkyl halides is 3. The Labute approximate surface area is 169 Å². The third-order valence-corrected chi connectivity index (χ3v) is 5.46. The summed E-state index contributed by atoms with van der Waals surface area (Å²) >= 11 is 1.53. The van der Waals surface area contributed by atoms with E-state index in [4.69, 9.17) is 9.47 Å². The van der Waals surface area contributed by atoms with Crippen molar-refractivity contribution in [2.45, 2.75) is 11.7 Å². The largest absolute Gasteiger partial charge is 0.573 e. The molecule has 2 aromatic carbocycles. The Morgan fingerprint density at radius 3 is 2.48 bits per heavy atom. The second-order valence-electron chi connectivity index (χ2n) is 6.00. The van der Waals surface area contributed by atoms with Crippen molar-refractivity contribution in [1.82, 2.24) is 4.90 Å². The van der Waals surface area contributed by atoms with Crippen LogP contribution in [0.1, 0.15) is 10.9 Å². The van der Waals surface area contributed by atoms with Crippen molar-refractivity contribution in [2.24, 2.45) is 0 Å². The van der Waals surface area contributed by atoms with Crippen LogP contribution >= 0.6 is 11.8 Å². The summed E-state index contributed by atoms with van der Waals surface area (Å²) in [5.74, 6) is 1.29. The molecule has 156 valence electrons. The molecule has 1 heterocycles. The first-order valence-electron chi connectivity index (χ1n) is 8.58. The first-order chi connectivity index (χ1) is 13.8. The van der Waals surface area contributed by atoms with Crippen molar-refractivity contribution in [3.8, 4) is 17.2 Å². The quantitative estimate of drug-likeness (QED) is 0.736. The maximum atomic E-state index is 12.9. The number of carbonyl (C=O) groups is 1. The van der Waals surface area contributed by atoms with Crippen molar-refractivity contribution in [3.05, 3.63) is 48.0 Å². The van der Waals surface area contributed by atoms with Gasteiger partial charge in [0.25, 0.3) is 0 Å². The van der Waals surface area contributed by atoms with E-state index in [1.165, 1.54) is 50.2 Å². The number of methoxy groups -OCH3 is 2. The molecule has 1 N–H and O–H groups in total. The van der Waals surface area contributed by atoms with Crippen molar-refractivity contribution in [3.63, 3.8) is 0 Å². The Bertz CT molecular complexity index is 862. The smallest absolute Gasteiger partial charge is 0.493 e. The average Bonchev–Trinajstić information content (AvgIpc) is 3.17. The van der Waals surface area contributed by atoms with Crippen LogP contribution in [0, 0.1) is 0 Å². The fourth-order valence-electron chi connectivity index (χ4n) is 2.96. The van der Waals surface area contributed by atoms with E-state index in [1.54, 1.807) is 23.1 Å². The lowest BCUT2D eigenvalue weighted by Gasteiger charge is -2.25. The number of carbonyl (C=O) groups excluding carboxylic acids is 1. The molecule has 1 saturated heterocycles. The van der Waals surface area contributed by atoms with Crippen molar-refractivity contribution in [2.75, 3.05) is 31.8 Å². The van der Waals surface area contributed by atoms with E-state index in [2.05, 4.69) is 10.1 Å². The maximum Gasteiger partial charge on any atom is 0.573 e. The molecule has 2 amide bonds. The molecule has 0 unspecified atom stereocenters. The molecule has 1 aliphatic heterocycles. The monoisotopic (exact) mass is 428 g/mol. The van der Waals surface area contributed by atoms with E-state index in [0.29, 0.717) is 35.0 Å². The fraction of sp³-hybridized carbons (Fsp3) is 0.316. The summed E-state index contributed by atoms with van der Waals surface area (Å²) in [4.78, 5) is 14.5. The summed E-state index contributed by atoms with van der Waals surface area (Å²) in [6.07, 6.45) is -4.74. The number of benzene rings is 2. The molecule has 10 heteroatoms. The van der Waals surface area contributed by atoms with Gasteiger partial charge in [0.1, 0.15) is 11.1 Å². The van der Waals surface area contributed by atoms with E-state index in [9.17, 15) is 18.0 Å². The van der Waals surface area contributed by atoms with Crippen molar-refractivity contribution in [1.29, 1.82) is 0 Å². The second kappa shape index (κ2) is 8.73. The Morgan fingerprint density at radius 2 is 1.86 bits per heavy atom. The van der Waals surface area contributed by atoms with Crippen LogP contribution in [0.25, 0.3) is 0 Å². The van der Waals surface area contributed by atoms with Gasteiger partial charge < -0.3 is 24.4 Å². The van der Waals surface area contributed by atoms with Gasteiger partial charge in [-0.3, -0.25) is 0 Å². The topological polar surface area (TPSA) is 60.0 Å². The number of nitrogens with zero attached hydrogens (tertiary/aromatic N) is 1. The molecule has 2 aromatic rings. The van der Waals surface area contributed by atoms with Crippen LogP contribution in [0.15, 0.2) is 42.5 Å². The molecular weight excluding hydrogens is 409 g/mol. The normalized spacial score (nSPS) is 16.4. The lowest BCUT2D eigenvalue weighted by atomic mass is 10.2. The van der Waals surface area contributed by atoms with Crippen LogP contribution in [-0.4, -0.2) is 43.8 Å². The van der Waals surface area contributed by atoms with Gasteiger partial charge in [0.05, 0.1) is 19.9 Å². The summed E-state index contributed by atoms with van der Waals surface area (Å²) in [5, 5.41) is 2.49. The average molecular weight is 428 g/mol. The van der Waals surface area contributed by atoms with E-state index in [-0.39, 0.29) is 17.2 Å². The first kappa shape index (κ1) is 21.0. The summed E-state index contributed by atoms with van der Waals surface area (Å²) in [7, 11) is 2.98. The highest BCUT2D eigenvalue weighted by atomic mass is 32.2. The Balaban J connectivity index is 1.75. The number of halogens is 3. The third kappa shape index (κ3) is 5.00. The van der Waals surface area contributed by atoms with E-state index >= 15 is 0 Å². The van der Waals surface area contributed by atoms with Crippen LogP contribution in [0.4, 0.5) is 23.7 Å². The molecule has 0 radical (unpaired) electrons. The van der Waals surface area contributed by atoms with Gasteiger partial charge in [0, 0.05) is 12.3 Å². The standard InChI is InChI=1S/C19H19F3N2O4S/c1-26-15-5-3-4-14(16(15)27-2)23-18(25)24-10-11-29-17(24)12-6-8-13(9-7-12)28-19(20,21)22/h3-9,17H,10-11H2,1-2H3,(H,23,25)/t17-/m1/s1. The summed E-state index contributed by atoms with van der Waals surface area (Å²) in [5.41, 5.74) is 1.16. The maximum absolute atomic E-state index is 12.9. The van der Waals surface area contributed by atoms with Crippen LogP contribution < -0.4 is 19.5 Å². The van der Waals surface area contributed by atoms with Gasteiger partial charge in [0.2, 0.25) is 0 Å². The summed E-state index contributed by atoms with van der Waals surface area (Å²) in [6, 6.07) is 10.3. The van der Waals surface area contributed by atoms with Gasteiger partial charge in [-0.2, -0.15) is 0 Å². The van der Waals surface area contributed by atoms with E-state index in [0.717, 1.165) is 0 Å². The van der Waals surface area contributed by atoms with Crippen molar-refractivity contribution >= 4 is 23.5 Å². The highest BCUT2D eigenvalue weighted by Gasteiger charge is 2.33. The predicted octanol–water partition coefficient (Wildman–Crippen LogP) is 4.88. The minimum absolute atomic E-state index is 0.304. The van der Waals surface area contributed by atoms with Crippen LogP contribution in [-0.2, 0) is 0 Å². The number of urea groups is 1. The van der Waals surface area contributed by atoms with Crippen LogP contribution in [0.3, 0.4) is 0 Å². The molecule has 1 aliphatic rings. The summed E-state index contributed by atoms with van der Waals surface area (Å²) < 4.78 is 51.4. The lowest BCUT2D eigenvalue weighted by molar-refractivity contribution is -0.274. The van der Waals surface area contributed by atoms with E-state index < -0.39 is 6.36 Å². The van der Waals surface area contributed by atoms with Gasteiger partial charge in [-0.05, 0) is 29.8 Å². The number of hydrogen-bond donors (Lipinski definition) is 1. The second-order valence-corrected chi connectivity index (χ2v) is 7.19. The number of amides is 2.